The normalized spacial score (nSPS) is 9.44. The van der Waals surface area contributed by atoms with Crippen molar-refractivity contribution < 1.29 is 9.21 Å². The Labute approximate surface area is 57.2 Å². The largest absolute Gasteiger partial charge is 0.458 e. The first-order valence-corrected chi connectivity index (χ1v) is 3.32. The van der Waals surface area contributed by atoms with Crippen LogP contribution < -0.4 is 0 Å². The standard InChI is InChI=1S/C6H6O2S/c1-5(7)9-6-3-2-4-8-6/h2-4H,1H3. The molecule has 2 nitrogen and oxygen atoms in total. The van der Waals surface area contributed by atoms with Crippen LogP contribution in [0, 0.1) is 0 Å². The molecule has 48 valence electrons. The molecule has 0 saturated heterocycles. The van der Waals surface area contributed by atoms with E-state index in [1.807, 2.05) is 0 Å². The van der Waals surface area contributed by atoms with Gasteiger partial charge in [0.05, 0.1) is 6.26 Å². The van der Waals surface area contributed by atoms with E-state index >= 15 is 0 Å². The first-order valence-electron chi connectivity index (χ1n) is 2.51. The molecule has 0 amide bonds. The predicted octanol–water partition coefficient (Wildman–Crippen LogP) is 1.92. The summed E-state index contributed by atoms with van der Waals surface area (Å²) in [6.45, 7) is 1.51. The second kappa shape index (κ2) is 2.73. The number of furan rings is 1. The number of carbonyl (C=O) groups excluding carboxylic acids is 1. The van der Waals surface area contributed by atoms with Crippen LogP contribution in [-0.4, -0.2) is 5.12 Å². The molecule has 0 bridgehead atoms. The average molecular weight is 142 g/mol. The number of thioether (sulfide) groups is 1. The number of hydrogen-bond donors (Lipinski definition) is 0. The Kier molecular flexibility index (Phi) is 1.95. The topological polar surface area (TPSA) is 30.2 Å². The summed E-state index contributed by atoms with van der Waals surface area (Å²) in [6, 6.07) is 3.51. The van der Waals surface area contributed by atoms with Gasteiger partial charge in [0.25, 0.3) is 0 Å². The molecule has 0 aliphatic heterocycles. The van der Waals surface area contributed by atoms with Gasteiger partial charge in [-0.15, -0.1) is 0 Å². The van der Waals surface area contributed by atoms with Gasteiger partial charge in [0, 0.05) is 6.92 Å². The van der Waals surface area contributed by atoms with Gasteiger partial charge in [0.2, 0.25) is 0 Å². The van der Waals surface area contributed by atoms with Crippen molar-refractivity contribution in [3.63, 3.8) is 0 Å². The van der Waals surface area contributed by atoms with E-state index in [9.17, 15) is 4.79 Å². The Balaban J connectivity index is 2.58. The lowest BCUT2D eigenvalue weighted by Gasteiger charge is -1.85. The van der Waals surface area contributed by atoms with Gasteiger partial charge >= 0.3 is 0 Å². The number of carbonyl (C=O) groups is 1. The van der Waals surface area contributed by atoms with Gasteiger partial charge in [-0.1, -0.05) is 0 Å². The van der Waals surface area contributed by atoms with Gasteiger partial charge in [-0.3, -0.25) is 4.79 Å². The molecule has 0 aliphatic carbocycles. The Morgan fingerprint density at radius 3 is 3.00 bits per heavy atom. The molecule has 1 heterocycles. The summed E-state index contributed by atoms with van der Waals surface area (Å²) >= 11 is 1.10. The van der Waals surface area contributed by atoms with Crippen LogP contribution in [0.3, 0.4) is 0 Å². The second-order valence-electron chi connectivity index (χ2n) is 1.53. The zero-order valence-corrected chi connectivity index (χ0v) is 5.77. The van der Waals surface area contributed by atoms with Gasteiger partial charge in [-0.05, 0) is 23.9 Å². The Morgan fingerprint density at radius 2 is 2.56 bits per heavy atom. The van der Waals surface area contributed by atoms with E-state index in [-0.39, 0.29) is 5.12 Å². The molecule has 1 aromatic heterocycles. The molecule has 1 aromatic rings. The Morgan fingerprint density at radius 1 is 1.78 bits per heavy atom. The summed E-state index contributed by atoms with van der Waals surface area (Å²) in [4.78, 5) is 10.4. The van der Waals surface area contributed by atoms with Crippen molar-refractivity contribution in [1.82, 2.24) is 0 Å². The molecule has 0 spiro atoms. The van der Waals surface area contributed by atoms with Crippen LogP contribution in [0.1, 0.15) is 6.92 Å². The van der Waals surface area contributed by atoms with Crippen LogP contribution in [0.4, 0.5) is 0 Å². The number of rotatable bonds is 1. The smallest absolute Gasteiger partial charge is 0.193 e. The summed E-state index contributed by atoms with van der Waals surface area (Å²) in [5.41, 5.74) is 0. The number of hydrogen-bond acceptors (Lipinski definition) is 3. The maximum Gasteiger partial charge on any atom is 0.193 e. The highest BCUT2D eigenvalue weighted by Crippen LogP contribution is 2.17. The third-order valence-electron chi connectivity index (χ3n) is 0.739. The van der Waals surface area contributed by atoms with Crippen molar-refractivity contribution in [3.8, 4) is 0 Å². The van der Waals surface area contributed by atoms with Gasteiger partial charge in [0.1, 0.15) is 0 Å². The minimum Gasteiger partial charge on any atom is -0.458 e. The first-order chi connectivity index (χ1) is 4.29. The zero-order chi connectivity index (χ0) is 6.69. The summed E-state index contributed by atoms with van der Waals surface area (Å²) in [5.74, 6) is 0. The molecule has 3 heteroatoms. The second-order valence-corrected chi connectivity index (χ2v) is 2.71. The molecule has 1 rings (SSSR count). The van der Waals surface area contributed by atoms with E-state index in [4.69, 9.17) is 4.42 Å². The van der Waals surface area contributed by atoms with Gasteiger partial charge in [-0.2, -0.15) is 0 Å². The molecule has 0 N–H and O–H groups in total. The van der Waals surface area contributed by atoms with Crippen molar-refractivity contribution in [1.29, 1.82) is 0 Å². The minimum atomic E-state index is 0.0463. The highest BCUT2D eigenvalue weighted by molar-refractivity contribution is 8.13. The van der Waals surface area contributed by atoms with Crippen molar-refractivity contribution in [3.05, 3.63) is 18.4 Å². The van der Waals surface area contributed by atoms with Crippen molar-refractivity contribution in [2.75, 3.05) is 0 Å². The molecular weight excluding hydrogens is 136 g/mol. The molecule has 0 unspecified atom stereocenters. The van der Waals surface area contributed by atoms with E-state index in [0.717, 1.165) is 11.8 Å². The zero-order valence-electron chi connectivity index (χ0n) is 4.96. The van der Waals surface area contributed by atoms with Gasteiger partial charge in [-0.25, -0.2) is 0 Å². The molecule has 9 heavy (non-hydrogen) atoms. The predicted molar refractivity (Wildman–Crippen MR) is 35.2 cm³/mol. The Bertz CT molecular complexity index is 191. The maximum absolute atomic E-state index is 10.4. The van der Waals surface area contributed by atoms with E-state index in [1.165, 1.54) is 6.92 Å². The lowest BCUT2D eigenvalue weighted by atomic mass is 10.7. The van der Waals surface area contributed by atoms with E-state index in [1.54, 1.807) is 18.4 Å². The van der Waals surface area contributed by atoms with Crippen molar-refractivity contribution >= 4 is 16.9 Å². The van der Waals surface area contributed by atoms with Crippen LogP contribution in [-0.2, 0) is 4.79 Å². The van der Waals surface area contributed by atoms with Crippen LogP contribution in [0.5, 0.6) is 0 Å². The highest BCUT2D eigenvalue weighted by atomic mass is 32.2. The fraction of sp³-hybridized carbons (Fsp3) is 0.167. The molecule has 0 fully saturated rings. The van der Waals surface area contributed by atoms with Crippen LogP contribution >= 0.6 is 11.8 Å². The molecular formula is C6H6O2S. The average Bonchev–Trinajstić information content (AvgIpc) is 2.15. The summed E-state index contributed by atoms with van der Waals surface area (Å²) in [5, 5.41) is 0.701. The summed E-state index contributed by atoms with van der Waals surface area (Å²) in [7, 11) is 0. The van der Waals surface area contributed by atoms with E-state index in [0.29, 0.717) is 5.09 Å². The van der Waals surface area contributed by atoms with E-state index in [2.05, 4.69) is 0 Å². The van der Waals surface area contributed by atoms with Gasteiger partial charge < -0.3 is 4.42 Å². The first kappa shape index (κ1) is 6.42. The van der Waals surface area contributed by atoms with Gasteiger partial charge in [0.15, 0.2) is 10.2 Å². The lowest BCUT2D eigenvalue weighted by Crippen LogP contribution is -1.76. The molecule has 0 atom stereocenters. The third-order valence-corrected chi connectivity index (χ3v) is 1.46. The molecule has 0 aliphatic rings. The monoisotopic (exact) mass is 142 g/mol. The SMILES string of the molecule is CC(=O)Sc1ccco1. The van der Waals surface area contributed by atoms with Crippen LogP contribution in [0.15, 0.2) is 27.9 Å². The van der Waals surface area contributed by atoms with E-state index < -0.39 is 0 Å². The van der Waals surface area contributed by atoms with Crippen molar-refractivity contribution in [2.45, 2.75) is 12.0 Å². The van der Waals surface area contributed by atoms with Crippen molar-refractivity contribution in [2.24, 2.45) is 0 Å². The third kappa shape index (κ3) is 1.93. The molecule has 0 aromatic carbocycles. The highest BCUT2D eigenvalue weighted by Gasteiger charge is 1.98. The summed E-state index contributed by atoms with van der Waals surface area (Å²) in [6.07, 6.45) is 1.55. The lowest BCUT2D eigenvalue weighted by molar-refractivity contribution is -0.109. The molecule has 0 radical (unpaired) electrons. The quantitative estimate of drug-likeness (QED) is 0.561. The summed E-state index contributed by atoms with van der Waals surface area (Å²) < 4.78 is 4.89. The fourth-order valence-corrected chi connectivity index (χ4v) is 0.997. The minimum absolute atomic E-state index is 0.0463. The fourth-order valence-electron chi connectivity index (χ4n) is 0.463. The van der Waals surface area contributed by atoms with Crippen LogP contribution in [0.2, 0.25) is 0 Å². The maximum atomic E-state index is 10.4. The molecule has 0 saturated carbocycles. The Hall–Kier alpha value is -0.700. The van der Waals surface area contributed by atoms with Crippen LogP contribution in [0.25, 0.3) is 0 Å².